The molecule has 3 N–H and O–H groups in total. The number of amides is 3. The predicted molar refractivity (Wildman–Crippen MR) is 120 cm³/mol. The van der Waals surface area contributed by atoms with E-state index in [4.69, 9.17) is 4.74 Å². The lowest BCUT2D eigenvalue weighted by molar-refractivity contribution is -0.121. The number of nitrogens with one attached hydrogen (secondary N) is 3. The quantitative estimate of drug-likeness (QED) is 0.503. The van der Waals surface area contributed by atoms with Gasteiger partial charge in [0.05, 0.1) is 12.8 Å². The van der Waals surface area contributed by atoms with Crippen molar-refractivity contribution >= 4 is 34.1 Å². The third kappa shape index (κ3) is 7.18. The van der Waals surface area contributed by atoms with Gasteiger partial charge in [0.1, 0.15) is 5.75 Å². The van der Waals surface area contributed by atoms with Gasteiger partial charge in [0.15, 0.2) is 5.13 Å². The summed E-state index contributed by atoms with van der Waals surface area (Å²) < 4.78 is 5.09. The van der Waals surface area contributed by atoms with Crippen molar-refractivity contribution in [2.45, 2.75) is 44.9 Å². The molecule has 1 aromatic heterocycles. The normalized spacial score (nSPS) is 13.3. The molecule has 0 atom stereocenters. The first-order chi connectivity index (χ1) is 14.6. The van der Waals surface area contributed by atoms with Crippen LogP contribution in [0.1, 0.15) is 44.2 Å². The Kier molecular flexibility index (Phi) is 8.26. The van der Waals surface area contributed by atoms with Crippen molar-refractivity contribution in [2.24, 2.45) is 0 Å². The van der Waals surface area contributed by atoms with Gasteiger partial charge in [0.2, 0.25) is 5.91 Å². The molecule has 0 aliphatic heterocycles. The lowest BCUT2D eigenvalue weighted by Gasteiger charge is -2.12. The first-order valence-electron chi connectivity index (χ1n) is 10.2. The number of aromatic nitrogens is 1. The summed E-state index contributed by atoms with van der Waals surface area (Å²) in [4.78, 5) is 28.5. The number of nitrogens with zero attached hydrogens (tertiary/aromatic N) is 1. The topological polar surface area (TPSA) is 92.3 Å². The summed E-state index contributed by atoms with van der Waals surface area (Å²) in [6.45, 7) is 0.695. The molecule has 0 saturated carbocycles. The fraction of sp³-hybridized carbons (Fsp3) is 0.409. The number of carbonyl (C=O) groups is 2. The number of aryl methyl sites for hydroxylation is 1. The Balaban J connectivity index is 1.36. The van der Waals surface area contributed by atoms with Crippen LogP contribution in [0.4, 0.5) is 15.6 Å². The Hall–Kier alpha value is -2.87. The number of urea groups is 1. The smallest absolute Gasteiger partial charge is 0.325 e. The summed E-state index contributed by atoms with van der Waals surface area (Å²) in [6.07, 6.45) is 9.07. The van der Waals surface area contributed by atoms with Gasteiger partial charge >= 0.3 is 6.03 Å². The van der Waals surface area contributed by atoms with Crippen LogP contribution in [-0.2, 0) is 11.2 Å². The second-order valence-electron chi connectivity index (χ2n) is 7.16. The number of thiazole rings is 1. The summed E-state index contributed by atoms with van der Waals surface area (Å²) in [5.41, 5.74) is 2.92. The number of hydrogen-bond acceptors (Lipinski definition) is 5. The summed E-state index contributed by atoms with van der Waals surface area (Å²) in [6, 6.07) is 6.70. The standard InChI is InChI=1S/C22H28N4O3S/c1-29-19-10-7-17(8-11-19)24-21(28)26-22-25-18(15-30-22)9-12-20(27)23-14-13-16-5-3-2-4-6-16/h5,7-8,10-11,15H,2-4,6,9,12-14H2,1H3,(H,23,27)(H2,24,25,26,28). The van der Waals surface area contributed by atoms with Crippen molar-refractivity contribution in [1.82, 2.24) is 10.3 Å². The van der Waals surface area contributed by atoms with E-state index in [1.807, 2.05) is 5.38 Å². The largest absolute Gasteiger partial charge is 0.497 e. The van der Waals surface area contributed by atoms with Crippen LogP contribution in [0.15, 0.2) is 41.3 Å². The first-order valence-corrected chi connectivity index (χ1v) is 11.1. The third-order valence-electron chi connectivity index (χ3n) is 4.88. The van der Waals surface area contributed by atoms with Crippen LogP contribution in [0.2, 0.25) is 0 Å². The summed E-state index contributed by atoms with van der Waals surface area (Å²) >= 11 is 1.34. The van der Waals surface area contributed by atoms with Gasteiger partial charge in [-0.2, -0.15) is 0 Å². The fourth-order valence-electron chi connectivity index (χ4n) is 3.24. The molecule has 0 unspecified atom stereocenters. The minimum atomic E-state index is -0.365. The van der Waals surface area contributed by atoms with Crippen LogP contribution in [0, 0.1) is 0 Å². The van der Waals surface area contributed by atoms with Gasteiger partial charge in [-0.25, -0.2) is 9.78 Å². The van der Waals surface area contributed by atoms with E-state index < -0.39 is 0 Å². The molecule has 30 heavy (non-hydrogen) atoms. The number of anilines is 2. The number of ether oxygens (including phenoxy) is 1. The van der Waals surface area contributed by atoms with Gasteiger partial charge in [0, 0.05) is 24.0 Å². The molecule has 0 saturated heterocycles. The minimum Gasteiger partial charge on any atom is -0.497 e. The van der Waals surface area contributed by atoms with E-state index >= 15 is 0 Å². The van der Waals surface area contributed by atoms with Crippen LogP contribution in [0.3, 0.4) is 0 Å². The van der Waals surface area contributed by atoms with E-state index in [9.17, 15) is 9.59 Å². The Morgan fingerprint density at radius 2 is 1.97 bits per heavy atom. The molecule has 8 heteroatoms. The number of methoxy groups -OCH3 is 1. The van der Waals surface area contributed by atoms with Crippen molar-refractivity contribution in [3.8, 4) is 5.75 Å². The van der Waals surface area contributed by atoms with E-state index in [1.54, 1.807) is 31.4 Å². The molecule has 1 heterocycles. The highest BCUT2D eigenvalue weighted by Crippen LogP contribution is 2.20. The zero-order chi connectivity index (χ0) is 21.2. The summed E-state index contributed by atoms with van der Waals surface area (Å²) in [5, 5.41) is 10.8. The highest BCUT2D eigenvalue weighted by molar-refractivity contribution is 7.13. The van der Waals surface area contributed by atoms with E-state index in [-0.39, 0.29) is 11.9 Å². The lowest BCUT2D eigenvalue weighted by atomic mass is 9.97. The number of rotatable bonds is 9. The average molecular weight is 429 g/mol. The second kappa shape index (κ2) is 11.3. The number of carbonyl (C=O) groups excluding carboxylic acids is 2. The molecular formula is C22H28N4O3S. The van der Waals surface area contributed by atoms with Crippen LogP contribution in [0.25, 0.3) is 0 Å². The molecular weight excluding hydrogens is 400 g/mol. The summed E-state index contributed by atoms with van der Waals surface area (Å²) in [5.74, 6) is 0.756. The number of hydrogen-bond donors (Lipinski definition) is 3. The molecule has 0 radical (unpaired) electrons. The minimum absolute atomic E-state index is 0.0335. The molecule has 1 aliphatic carbocycles. The maximum Gasteiger partial charge on any atom is 0.325 e. The van der Waals surface area contributed by atoms with Gasteiger partial charge in [-0.1, -0.05) is 11.6 Å². The molecule has 3 rings (SSSR count). The second-order valence-corrected chi connectivity index (χ2v) is 8.02. The Bertz CT molecular complexity index is 877. The molecule has 2 aromatic rings. The van der Waals surface area contributed by atoms with Gasteiger partial charge < -0.3 is 15.4 Å². The van der Waals surface area contributed by atoms with Crippen molar-refractivity contribution in [3.63, 3.8) is 0 Å². The Labute approximate surface area is 180 Å². The average Bonchev–Trinajstić information content (AvgIpc) is 3.20. The van der Waals surface area contributed by atoms with E-state index in [2.05, 4.69) is 27.0 Å². The molecule has 160 valence electrons. The zero-order valence-corrected chi connectivity index (χ0v) is 18.0. The van der Waals surface area contributed by atoms with Crippen LogP contribution >= 0.6 is 11.3 Å². The van der Waals surface area contributed by atoms with Gasteiger partial charge in [-0.3, -0.25) is 10.1 Å². The van der Waals surface area contributed by atoms with Crippen molar-refractivity contribution in [3.05, 3.63) is 47.0 Å². The monoisotopic (exact) mass is 428 g/mol. The first kappa shape index (κ1) is 21.8. The van der Waals surface area contributed by atoms with Gasteiger partial charge in [-0.15, -0.1) is 11.3 Å². The fourth-order valence-corrected chi connectivity index (χ4v) is 3.98. The Morgan fingerprint density at radius 1 is 1.13 bits per heavy atom. The SMILES string of the molecule is COc1ccc(NC(=O)Nc2nc(CCC(=O)NCCC3=CCCCC3)cs2)cc1. The highest BCUT2D eigenvalue weighted by Gasteiger charge is 2.09. The van der Waals surface area contributed by atoms with E-state index in [1.165, 1.54) is 36.2 Å². The maximum atomic E-state index is 12.1. The maximum absolute atomic E-state index is 12.1. The molecule has 0 spiro atoms. The van der Waals surface area contributed by atoms with Gasteiger partial charge in [-0.05, 0) is 62.8 Å². The molecule has 0 fully saturated rings. The number of benzene rings is 1. The molecule has 3 amide bonds. The van der Waals surface area contributed by atoms with Crippen molar-refractivity contribution in [1.29, 1.82) is 0 Å². The van der Waals surface area contributed by atoms with Gasteiger partial charge in [0.25, 0.3) is 0 Å². The molecule has 1 aromatic carbocycles. The van der Waals surface area contributed by atoms with Crippen molar-refractivity contribution < 1.29 is 14.3 Å². The zero-order valence-electron chi connectivity index (χ0n) is 17.2. The van der Waals surface area contributed by atoms with Crippen LogP contribution in [0.5, 0.6) is 5.75 Å². The third-order valence-corrected chi connectivity index (χ3v) is 5.69. The highest BCUT2D eigenvalue weighted by atomic mass is 32.1. The van der Waals surface area contributed by atoms with E-state index in [0.717, 1.165) is 24.3 Å². The van der Waals surface area contributed by atoms with Crippen molar-refractivity contribution in [2.75, 3.05) is 24.3 Å². The van der Waals surface area contributed by atoms with Crippen LogP contribution < -0.4 is 20.7 Å². The lowest BCUT2D eigenvalue weighted by Crippen LogP contribution is -2.25. The molecule has 1 aliphatic rings. The van der Waals surface area contributed by atoms with E-state index in [0.29, 0.717) is 30.2 Å². The predicted octanol–water partition coefficient (Wildman–Crippen LogP) is 4.74. The van der Waals surface area contributed by atoms with Crippen LogP contribution in [-0.4, -0.2) is 30.6 Å². The molecule has 7 nitrogen and oxygen atoms in total. The molecule has 0 bridgehead atoms. The Morgan fingerprint density at radius 3 is 2.70 bits per heavy atom. The summed E-state index contributed by atoms with van der Waals surface area (Å²) in [7, 11) is 1.59. The number of allylic oxidation sites excluding steroid dienone is 1.